The van der Waals surface area contributed by atoms with Gasteiger partial charge in [-0.1, -0.05) is 23.4 Å². The van der Waals surface area contributed by atoms with Crippen LogP contribution in [0.4, 0.5) is 0 Å². The number of amides is 1. The Balaban J connectivity index is 1.63. The zero-order valence-corrected chi connectivity index (χ0v) is 14.7. The van der Waals surface area contributed by atoms with Crippen molar-refractivity contribution in [3.05, 3.63) is 23.2 Å². The number of benzene rings is 1. The van der Waals surface area contributed by atoms with Gasteiger partial charge in [0, 0.05) is 17.1 Å². The van der Waals surface area contributed by atoms with E-state index in [0.29, 0.717) is 27.8 Å². The molecule has 1 aromatic heterocycles. The van der Waals surface area contributed by atoms with Crippen LogP contribution in [0.2, 0.25) is 5.02 Å². The lowest BCUT2D eigenvalue weighted by molar-refractivity contribution is -0.120. The van der Waals surface area contributed by atoms with Crippen molar-refractivity contribution in [3.63, 3.8) is 0 Å². The second-order valence-electron chi connectivity index (χ2n) is 5.46. The lowest BCUT2D eigenvalue weighted by Crippen LogP contribution is -2.39. The van der Waals surface area contributed by atoms with E-state index < -0.39 is 15.1 Å². The highest BCUT2D eigenvalue weighted by Crippen LogP contribution is 2.28. The number of hydrogen-bond donors (Lipinski definition) is 1. The van der Waals surface area contributed by atoms with E-state index in [1.807, 2.05) is 0 Å². The Hall–Kier alpha value is -1.25. The van der Waals surface area contributed by atoms with Crippen LogP contribution in [0, 0.1) is 0 Å². The molecule has 6 nitrogen and oxygen atoms in total. The number of hydrogen-bond acceptors (Lipinski definition) is 6. The Bertz CT molecular complexity index is 850. The molecule has 2 heterocycles. The summed E-state index contributed by atoms with van der Waals surface area (Å²) < 4.78 is 28.4. The molecule has 124 valence electrons. The van der Waals surface area contributed by atoms with Gasteiger partial charge in [0.2, 0.25) is 5.91 Å². The van der Waals surface area contributed by atoms with Gasteiger partial charge in [0.1, 0.15) is 5.52 Å². The number of carbonyl (C=O) groups is 1. The van der Waals surface area contributed by atoms with Crippen molar-refractivity contribution >= 4 is 50.2 Å². The fourth-order valence-electron chi connectivity index (χ4n) is 2.36. The highest BCUT2D eigenvalue weighted by Gasteiger charge is 2.30. The third kappa shape index (κ3) is 3.99. The molecule has 1 amide bonds. The van der Waals surface area contributed by atoms with Gasteiger partial charge in [0.15, 0.2) is 15.4 Å². The molecule has 3 rings (SSSR count). The van der Waals surface area contributed by atoms with Crippen molar-refractivity contribution in [2.24, 2.45) is 0 Å². The summed E-state index contributed by atoms with van der Waals surface area (Å²) in [6.07, 6.45) is 0.465. The molecule has 0 unspecified atom stereocenters. The second kappa shape index (κ2) is 6.33. The smallest absolute Gasteiger partial charge is 0.257 e. The van der Waals surface area contributed by atoms with Gasteiger partial charge in [-0.15, -0.1) is 0 Å². The van der Waals surface area contributed by atoms with Crippen LogP contribution in [0.5, 0.6) is 0 Å². The van der Waals surface area contributed by atoms with Gasteiger partial charge < -0.3 is 9.73 Å². The summed E-state index contributed by atoms with van der Waals surface area (Å²) in [7, 11) is -3.01. The number of rotatable bonds is 4. The summed E-state index contributed by atoms with van der Waals surface area (Å²) in [6.45, 7) is 1.73. The molecular formula is C14H15ClN2O4S2. The molecule has 0 aliphatic carbocycles. The van der Waals surface area contributed by atoms with Crippen molar-refractivity contribution in [2.75, 3.05) is 11.5 Å². The minimum atomic E-state index is -3.01. The van der Waals surface area contributed by atoms with Crippen molar-refractivity contribution < 1.29 is 17.6 Å². The molecule has 1 N–H and O–H groups in total. The molecule has 0 spiro atoms. The van der Waals surface area contributed by atoms with E-state index in [1.165, 1.54) is 11.8 Å². The van der Waals surface area contributed by atoms with E-state index >= 15 is 0 Å². The predicted octanol–water partition coefficient (Wildman–Crippen LogP) is 2.27. The Morgan fingerprint density at radius 1 is 1.52 bits per heavy atom. The molecule has 1 aromatic carbocycles. The maximum absolute atomic E-state index is 12.2. The molecule has 0 bridgehead atoms. The highest BCUT2D eigenvalue weighted by molar-refractivity contribution is 8.00. The van der Waals surface area contributed by atoms with Crippen LogP contribution in [-0.4, -0.2) is 42.1 Å². The monoisotopic (exact) mass is 374 g/mol. The average molecular weight is 375 g/mol. The zero-order chi connectivity index (χ0) is 16.6. The number of nitrogens with zero attached hydrogens (tertiary/aromatic N) is 1. The molecule has 1 aliphatic rings. The number of oxazole rings is 1. The van der Waals surface area contributed by atoms with E-state index in [4.69, 9.17) is 16.0 Å². The largest absolute Gasteiger partial charge is 0.431 e. The molecule has 1 saturated heterocycles. The minimum absolute atomic E-state index is 0.0114. The molecular weight excluding hydrogens is 360 g/mol. The molecule has 9 heteroatoms. The number of halogens is 1. The number of carbonyl (C=O) groups excluding carboxylic acids is 1. The lowest BCUT2D eigenvalue weighted by Gasteiger charge is -2.14. The van der Waals surface area contributed by atoms with E-state index in [-0.39, 0.29) is 23.5 Å². The van der Waals surface area contributed by atoms with Crippen LogP contribution in [0.25, 0.3) is 11.1 Å². The van der Waals surface area contributed by atoms with Gasteiger partial charge in [0.05, 0.1) is 16.8 Å². The second-order valence-corrected chi connectivity index (χ2v) is 9.42. The quantitative estimate of drug-likeness (QED) is 0.826. The average Bonchev–Trinajstić information content (AvgIpc) is 3.00. The first-order valence-corrected chi connectivity index (χ1v) is 10.1. The van der Waals surface area contributed by atoms with Gasteiger partial charge in [-0.05, 0) is 25.5 Å². The predicted molar refractivity (Wildman–Crippen MR) is 89.5 cm³/mol. The molecule has 1 aliphatic heterocycles. The molecule has 23 heavy (non-hydrogen) atoms. The number of aromatic nitrogens is 1. The van der Waals surface area contributed by atoms with Crippen LogP contribution in [0.15, 0.2) is 27.8 Å². The third-order valence-electron chi connectivity index (χ3n) is 3.56. The van der Waals surface area contributed by atoms with E-state index in [1.54, 1.807) is 25.1 Å². The van der Waals surface area contributed by atoms with E-state index in [0.717, 1.165) is 0 Å². The molecule has 1 fully saturated rings. The maximum atomic E-state index is 12.2. The third-order valence-corrected chi connectivity index (χ3v) is 6.50. The first-order valence-electron chi connectivity index (χ1n) is 7.06. The van der Waals surface area contributed by atoms with Crippen molar-refractivity contribution in [3.8, 4) is 0 Å². The summed E-state index contributed by atoms with van der Waals surface area (Å²) in [4.78, 5) is 16.5. The Morgan fingerprint density at radius 3 is 3.00 bits per heavy atom. The summed E-state index contributed by atoms with van der Waals surface area (Å²) >= 11 is 7.08. The topological polar surface area (TPSA) is 89.3 Å². The van der Waals surface area contributed by atoms with Crippen LogP contribution in [0.3, 0.4) is 0 Å². The first kappa shape index (κ1) is 16.6. The fourth-order valence-corrected chi connectivity index (χ4v) is 4.96. The Morgan fingerprint density at radius 2 is 2.30 bits per heavy atom. The van der Waals surface area contributed by atoms with Gasteiger partial charge in [-0.25, -0.2) is 13.4 Å². The Kier molecular flexibility index (Phi) is 4.57. The molecule has 2 atom stereocenters. The normalized spacial score (nSPS) is 21.4. The maximum Gasteiger partial charge on any atom is 0.257 e. The van der Waals surface area contributed by atoms with Gasteiger partial charge in [-0.2, -0.15) is 0 Å². The standard InChI is InChI=1S/C14H15ClN2O4S2/c1-8(13(18)16-10-4-5-23(19,20)7-10)22-14-17-11-3-2-9(15)6-12(11)21-14/h2-3,6,8,10H,4-5,7H2,1H3,(H,16,18)/t8-,10+/m0/s1. The summed E-state index contributed by atoms with van der Waals surface area (Å²) in [5, 5.41) is 3.26. The van der Waals surface area contributed by atoms with Crippen molar-refractivity contribution in [1.29, 1.82) is 0 Å². The number of thioether (sulfide) groups is 1. The summed E-state index contributed by atoms with van der Waals surface area (Å²) in [5.74, 6) is -0.0829. The zero-order valence-electron chi connectivity index (χ0n) is 12.3. The van der Waals surface area contributed by atoms with Gasteiger partial charge >= 0.3 is 0 Å². The SMILES string of the molecule is C[C@H](Sc1nc2ccc(Cl)cc2o1)C(=O)N[C@@H]1CCS(=O)(=O)C1. The van der Waals surface area contributed by atoms with Crippen LogP contribution < -0.4 is 5.32 Å². The van der Waals surface area contributed by atoms with Gasteiger partial charge in [-0.3, -0.25) is 4.79 Å². The minimum Gasteiger partial charge on any atom is -0.431 e. The Labute approximate surface area is 142 Å². The first-order chi connectivity index (χ1) is 10.8. The van der Waals surface area contributed by atoms with Gasteiger partial charge in [0.25, 0.3) is 5.22 Å². The fraction of sp³-hybridized carbons (Fsp3) is 0.429. The van der Waals surface area contributed by atoms with Crippen LogP contribution >= 0.6 is 23.4 Å². The van der Waals surface area contributed by atoms with Crippen molar-refractivity contribution in [1.82, 2.24) is 10.3 Å². The summed E-state index contributed by atoms with van der Waals surface area (Å²) in [5.41, 5.74) is 1.24. The molecule has 0 radical (unpaired) electrons. The highest BCUT2D eigenvalue weighted by atomic mass is 35.5. The van der Waals surface area contributed by atoms with Crippen LogP contribution in [-0.2, 0) is 14.6 Å². The summed E-state index contributed by atoms with van der Waals surface area (Å²) in [6, 6.07) is 4.83. The van der Waals surface area contributed by atoms with E-state index in [9.17, 15) is 13.2 Å². The van der Waals surface area contributed by atoms with Crippen LogP contribution in [0.1, 0.15) is 13.3 Å². The molecule has 0 saturated carbocycles. The number of fused-ring (bicyclic) bond motifs is 1. The number of sulfone groups is 1. The number of nitrogens with one attached hydrogen (secondary N) is 1. The lowest BCUT2D eigenvalue weighted by atomic mass is 10.2. The molecule has 2 aromatic rings. The van der Waals surface area contributed by atoms with Crippen molar-refractivity contribution in [2.45, 2.75) is 29.9 Å². The van der Waals surface area contributed by atoms with E-state index in [2.05, 4.69) is 10.3 Å².